The SMILES string of the molecule is Cc1ccc(SCC(=O)NCC(C)(O)C(=O)O)cc1. The molecule has 0 saturated carbocycles. The zero-order chi connectivity index (χ0) is 14.5. The third kappa shape index (κ3) is 5.32. The number of hydrogen-bond donors (Lipinski definition) is 3. The van der Waals surface area contributed by atoms with E-state index in [1.165, 1.54) is 11.8 Å². The fourth-order valence-electron chi connectivity index (χ4n) is 1.18. The fraction of sp³-hybridized carbons (Fsp3) is 0.385. The van der Waals surface area contributed by atoms with Gasteiger partial charge in [0, 0.05) is 4.90 Å². The second-order valence-corrected chi connectivity index (χ2v) is 5.51. The van der Waals surface area contributed by atoms with Gasteiger partial charge in [-0.25, -0.2) is 4.79 Å². The second kappa shape index (κ2) is 6.58. The highest BCUT2D eigenvalue weighted by atomic mass is 32.2. The van der Waals surface area contributed by atoms with Crippen molar-refractivity contribution in [2.24, 2.45) is 0 Å². The summed E-state index contributed by atoms with van der Waals surface area (Å²) in [5, 5.41) is 20.5. The maximum absolute atomic E-state index is 11.5. The molecule has 6 heteroatoms. The van der Waals surface area contributed by atoms with Gasteiger partial charge in [-0.15, -0.1) is 11.8 Å². The van der Waals surface area contributed by atoms with Gasteiger partial charge in [0.2, 0.25) is 5.91 Å². The van der Waals surface area contributed by atoms with Crippen molar-refractivity contribution in [1.82, 2.24) is 5.32 Å². The van der Waals surface area contributed by atoms with E-state index in [9.17, 15) is 14.7 Å². The van der Waals surface area contributed by atoms with E-state index in [0.29, 0.717) is 0 Å². The number of benzene rings is 1. The van der Waals surface area contributed by atoms with E-state index in [1.54, 1.807) is 0 Å². The van der Waals surface area contributed by atoms with E-state index in [2.05, 4.69) is 5.32 Å². The van der Waals surface area contributed by atoms with Gasteiger partial charge < -0.3 is 15.5 Å². The first kappa shape index (κ1) is 15.5. The number of carbonyl (C=O) groups is 2. The molecule has 0 saturated heterocycles. The molecule has 104 valence electrons. The molecule has 19 heavy (non-hydrogen) atoms. The highest BCUT2D eigenvalue weighted by molar-refractivity contribution is 8.00. The Morgan fingerprint density at radius 3 is 2.42 bits per heavy atom. The number of hydrogen-bond acceptors (Lipinski definition) is 4. The molecule has 0 radical (unpaired) electrons. The minimum Gasteiger partial charge on any atom is -0.479 e. The second-order valence-electron chi connectivity index (χ2n) is 4.46. The van der Waals surface area contributed by atoms with E-state index in [4.69, 9.17) is 5.11 Å². The highest BCUT2D eigenvalue weighted by Gasteiger charge is 2.30. The van der Waals surface area contributed by atoms with Crippen LogP contribution in [0.3, 0.4) is 0 Å². The number of rotatable bonds is 6. The molecule has 0 aliphatic heterocycles. The van der Waals surface area contributed by atoms with Crippen molar-refractivity contribution in [1.29, 1.82) is 0 Å². The zero-order valence-corrected chi connectivity index (χ0v) is 11.7. The summed E-state index contributed by atoms with van der Waals surface area (Å²) in [4.78, 5) is 23.1. The van der Waals surface area contributed by atoms with Gasteiger partial charge in [-0.05, 0) is 26.0 Å². The molecule has 0 aromatic heterocycles. The fourth-order valence-corrected chi connectivity index (χ4v) is 1.91. The maximum atomic E-state index is 11.5. The number of aliphatic hydroxyl groups is 1. The summed E-state index contributed by atoms with van der Waals surface area (Å²) in [5.74, 6) is -1.50. The summed E-state index contributed by atoms with van der Waals surface area (Å²) < 4.78 is 0. The van der Waals surface area contributed by atoms with E-state index in [0.717, 1.165) is 17.4 Å². The number of nitrogens with one attached hydrogen (secondary N) is 1. The van der Waals surface area contributed by atoms with Crippen molar-refractivity contribution in [2.75, 3.05) is 12.3 Å². The summed E-state index contributed by atoms with van der Waals surface area (Å²) in [6, 6.07) is 7.74. The van der Waals surface area contributed by atoms with Crippen LogP contribution in [0.15, 0.2) is 29.2 Å². The molecule has 1 aromatic carbocycles. The molecule has 1 amide bonds. The zero-order valence-electron chi connectivity index (χ0n) is 10.8. The van der Waals surface area contributed by atoms with Crippen molar-refractivity contribution < 1.29 is 19.8 Å². The topological polar surface area (TPSA) is 86.6 Å². The molecule has 3 N–H and O–H groups in total. The molecule has 1 aromatic rings. The minimum absolute atomic E-state index is 0.179. The van der Waals surface area contributed by atoms with Crippen molar-refractivity contribution >= 4 is 23.6 Å². The molecule has 5 nitrogen and oxygen atoms in total. The van der Waals surface area contributed by atoms with Gasteiger partial charge in [-0.2, -0.15) is 0 Å². The summed E-state index contributed by atoms with van der Waals surface area (Å²) >= 11 is 1.36. The van der Waals surface area contributed by atoms with E-state index >= 15 is 0 Å². The Morgan fingerprint density at radius 2 is 1.89 bits per heavy atom. The van der Waals surface area contributed by atoms with Crippen molar-refractivity contribution in [3.63, 3.8) is 0 Å². The maximum Gasteiger partial charge on any atom is 0.337 e. The normalized spacial score (nSPS) is 13.6. The van der Waals surface area contributed by atoms with Crippen LogP contribution in [0.25, 0.3) is 0 Å². The first-order chi connectivity index (χ1) is 8.81. The molecule has 0 spiro atoms. The average Bonchev–Trinajstić information content (AvgIpc) is 2.35. The summed E-state index contributed by atoms with van der Waals surface area (Å²) in [6.07, 6.45) is 0. The number of amides is 1. The lowest BCUT2D eigenvalue weighted by Gasteiger charge is -2.18. The predicted octanol–water partition coefficient (Wildman–Crippen LogP) is 1.04. The van der Waals surface area contributed by atoms with Crippen molar-refractivity contribution in [3.05, 3.63) is 29.8 Å². The lowest BCUT2D eigenvalue weighted by molar-refractivity contribution is -0.156. The molecule has 0 aliphatic carbocycles. The molecule has 0 aliphatic rings. The minimum atomic E-state index is -1.94. The Morgan fingerprint density at radius 1 is 1.32 bits per heavy atom. The van der Waals surface area contributed by atoms with Crippen LogP contribution in [0.5, 0.6) is 0 Å². The van der Waals surface area contributed by atoms with Gasteiger partial charge in [0.15, 0.2) is 5.60 Å². The van der Waals surface area contributed by atoms with Crippen LogP contribution in [0.4, 0.5) is 0 Å². The first-order valence-electron chi connectivity index (χ1n) is 5.73. The average molecular weight is 283 g/mol. The van der Waals surface area contributed by atoms with Gasteiger partial charge in [0.05, 0.1) is 12.3 Å². The number of aliphatic carboxylic acids is 1. The Labute approximate surface area is 116 Å². The van der Waals surface area contributed by atoms with E-state index in [-0.39, 0.29) is 18.2 Å². The molecular weight excluding hydrogens is 266 g/mol. The quantitative estimate of drug-likeness (QED) is 0.679. The number of carboxylic acids is 1. The van der Waals surface area contributed by atoms with Crippen LogP contribution in [0.1, 0.15) is 12.5 Å². The number of carbonyl (C=O) groups excluding carboxylic acids is 1. The molecule has 0 heterocycles. The first-order valence-corrected chi connectivity index (χ1v) is 6.72. The van der Waals surface area contributed by atoms with Crippen LogP contribution in [-0.2, 0) is 9.59 Å². The number of thioether (sulfide) groups is 1. The van der Waals surface area contributed by atoms with Gasteiger partial charge in [-0.1, -0.05) is 17.7 Å². The Bertz CT molecular complexity index is 456. The Balaban J connectivity index is 2.36. The van der Waals surface area contributed by atoms with Crippen LogP contribution in [0.2, 0.25) is 0 Å². The van der Waals surface area contributed by atoms with Crippen molar-refractivity contribution in [3.8, 4) is 0 Å². The van der Waals surface area contributed by atoms with Crippen LogP contribution in [-0.4, -0.2) is 40.0 Å². The molecular formula is C13H17NO4S. The smallest absolute Gasteiger partial charge is 0.337 e. The molecule has 0 fully saturated rings. The van der Waals surface area contributed by atoms with E-state index < -0.39 is 11.6 Å². The third-order valence-corrected chi connectivity index (χ3v) is 3.49. The Kier molecular flexibility index (Phi) is 5.38. The molecule has 1 atom stereocenters. The largest absolute Gasteiger partial charge is 0.479 e. The molecule has 1 unspecified atom stereocenters. The van der Waals surface area contributed by atoms with Gasteiger partial charge in [-0.3, -0.25) is 4.79 Å². The van der Waals surface area contributed by atoms with E-state index in [1.807, 2.05) is 31.2 Å². The highest BCUT2D eigenvalue weighted by Crippen LogP contribution is 2.17. The third-order valence-electron chi connectivity index (χ3n) is 2.48. The summed E-state index contributed by atoms with van der Waals surface area (Å²) in [5.41, 5.74) is -0.796. The Hall–Kier alpha value is -1.53. The van der Waals surface area contributed by atoms with Crippen LogP contribution in [0, 0.1) is 6.92 Å². The van der Waals surface area contributed by atoms with Gasteiger partial charge >= 0.3 is 5.97 Å². The monoisotopic (exact) mass is 283 g/mol. The molecule has 1 rings (SSSR count). The summed E-state index contributed by atoms with van der Waals surface area (Å²) in [7, 11) is 0. The van der Waals surface area contributed by atoms with Gasteiger partial charge in [0.25, 0.3) is 0 Å². The number of aryl methyl sites for hydroxylation is 1. The summed E-state index contributed by atoms with van der Waals surface area (Å²) in [6.45, 7) is 2.81. The lowest BCUT2D eigenvalue weighted by Crippen LogP contribution is -2.46. The van der Waals surface area contributed by atoms with Gasteiger partial charge in [0.1, 0.15) is 0 Å². The number of carboxylic acid groups (broad SMARTS) is 1. The standard InChI is InChI=1S/C13H17NO4S/c1-9-3-5-10(6-4-9)19-7-11(15)14-8-13(2,18)12(16)17/h3-6,18H,7-8H2,1-2H3,(H,14,15)(H,16,17). The lowest BCUT2D eigenvalue weighted by atomic mass is 10.1. The van der Waals surface area contributed by atoms with Crippen molar-refractivity contribution in [2.45, 2.75) is 24.3 Å². The van der Waals surface area contributed by atoms with Crippen LogP contribution >= 0.6 is 11.8 Å². The predicted molar refractivity (Wildman–Crippen MR) is 73.2 cm³/mol. The molecule has 0 bridgehead atoms. The van der Waals surface area contributed by atoms with Crippen LogP contribution < -0.4 is 5.32 Å².